The number of piperidine rings is 1. The van der Waals surface area contributed by atoms with Crippen LogP contribution in [0.15, 0.2) is 24.4 Å². The van der Waals surface area contributed by atoms with E-state index in [1.807, 2.05) is 31.7 Å². The lowest BCUT2D eigenvalue weighted by Crippen LogP contribution is -2.49. The molecule has 2 aromatic rings. The molecule has 0 radical (unpaired) electrons. The molecule has 0 bridgehead atoms. The highest BCUT2D eigenvalue weighted by molar-refractivity contribution is 5.98. The molecule has 3 rings (SSSR count). The van der Waals surface area contributed by atoms with Gasteiger partial charge in [-0.1, -0.05) is 20.8 Å². The molecule has 1 aliphatic rings. The van der Waals surface area contributed by atoms with E-state index in [0.717, 1.165) is 18.4 Å². The van der Waals surface area contributed by atoms with Crippen LogP contribution in [-0.4, -0.2) is 57.8 Å². The maximum Gasteiger partial charge on any atom is 0.407 e. The Kier molecular flexibility index (Phi) is 7.94. The summed E-state index contributed by atoms with van der Waals surface area (Å²) in [6, 6.07) is 4.76. The van der Waals surface area contributed by atoms with Crippen molar-refractivity contribution in [3.05, 3.63) is 41.1 Å². The van der Waals surface area contributed by atoms with E-state index in [9.17, 15) is 19.5 Å². The largest absolute Gasteiger partial charge is 0.478 e. The topological polar surface area (TPSA) is 160 Å². The Bertz CT molecular complexity index is 1180. The van der Waals surface area contributed by atoms with Gasteiger partial charge in [0.15, 0.2) is 0 Å². The number of ether oxygens (including phenoxy) is 1. The van der Waals surface area contributed by atoms with Crippen LogP contribution in [0.25, 0.3) is 0 Å². The van der Waals surface area contributed by atoms with Gasteiger partial charge in [-0.25, -0.2) is 14.6 Å². The van der Waals surface area contributed by atoms with Crippen molar-refractivity contribution in [2.75, 3.05) is 23.3 Å². The second kappa shape index (κ2) is 10.6. The van der Waals surface area contributed by atoms with Crippen molar-refractivity contribution in [3.8, 4) is 0 Å². The van der Waals surface area contributed by atoms with Crippen LogP contribution in [0, 0.1) is 0 Å². The van der Waals surface area contributed by atoms with Crippen LogP contribution in [0.3, 0.4) is 0 Å². The Hall–Kier alpha value is -3.89. The van der Waals surface area contributed by atoms with Crippen LogP contribution in [0.4, 0.5) is 22.2 Å². The fraction of sp³-hybridized carbons (Fsp3) is 0.500. The molecule has 0 saturated carbocycles. The number of carbonyl (C=O) groups is 3. The molecule has 2 heterocycles. The van der Waals surface area contributed by atoms with Crippen molar-refractivity contribution in [3.63, 3.8) is 0 Å². The van der Waals surface area contributed by atoms with Gasteiger partial charge >= 0.3 is 12.1 Å². The number of carboxylic acids is 1. The second-order valence-electron chi connectivity index (χ2n) is 11.2. The lowest BCUT2D eigenvalue weighted by atomic mass is 9.86. The summed E-state index contributed by atoms with van der Waals surface area (Å²) in [5.74, 6) is -1.26. The SMILES string of the molecule is CC(C)(C)OC(=O)N[C@H]1CCCN(c2ncc(C(N)=O)c(Nc3cc(C(=O)O)cc(C(C)(C)C)c3)n2)C1. The Morgan fingerprint density at radius 3 is 2.43 bits per heavy atom. The van der Waals surface area contributed by atoms with E-state index in [1.165, 1.54) is 12.3 Å². The average molecular weight is 513 g/mol. The number of aromatic nitrogens is 2. The number of carbonyl (C=O) groups excluding carboxylic acids is 2. The maximum absolute atomic E-state index is 12.2. The van der Waals surface area contributed by atoms with Gasteiger partial charge in [-0.3, -0.25) is 4.79 Å². The number of aromatic carboxylic acids is 1. The van der Waals surface area contributed by atoms with Gasteiger partial charge in [-0.15, -0.1) is 0 Å². The third kappa shape index (κ3) is 7.55. The number of rotatable bonds is 6. The number of nitrogens with zero attached hydrogens (tertiary/aromatic N) is 3. The molecule has 1 aromatic heterocycles. The molecule has 0 unspecified atom stereocenters. The Morgan fingerprint density at radius 1 is 1.14 bits per heavy atom. The van der Waals surface area contributed by atoms with Crippen molar-refractivity contribution in [1.29, 1.82) is 0 Å². The van der Waals surface area contributed by atoms with Crippen LogP contribution in [0.5, 0.6) is 0 Å². The fourth-order valence-electron chi connectivity index (χ4n) is 3.94. The maximum atomic E-state index is 12.2. The molecule has 2 amide bonds. The normalized spacial score (nSPS) is 16.2. The van der Waals surface area contributed by atoms with Gasteiger partial charge in [0.1, 0.15) is 17.0 Å². The number of nitrogens with two attached hydrogens (primary N) is 1. The van der Waals surface area contributed by atoms with E-state index in [-0.39, 0.29) is 28.4 Å². The first-order valence-electron chi connectivity index (χ1n) is 12.2. The van der Waals surface area contributed by atoms with Gasteiger partial charge in [-0.05, 0) is 62.8 Å². The van der Waals surface area contributed by atoms with Crippen molar-refractivity contribution in [2.45, 2.75) is 71.4 Å². The first kappa shape index (κ1) is 27.7. The first-order valence-corrected chi connectivity index (χ1v) is 12.2. The summed E-state index contributed by atoms with van der Waals surface area (Å²) in [5, 5.41) is 15.6. The summed E-state index contributed by atoms with van der Waals surface area (Å²) in [5.41, 5.74) is 6.10. The van der Waals surface area contributed by atoms with E-state index in [2.05, 4.69) is 20.6 Å². The van der Waals surface area contributed by atoms with Crippen molar-refractivity contribution >= 4 is 35.4 Å². The molecule has 1 saturated heterocycles. The monoisotopic (exact) mass is 512 g/mol. The lowest BCUT2D eigenvalue weighted by molar-refractivity contribution is 0.0499. The zero-order chi connectivity index (χ0) is 27.5. The number of primary amides is 1. The second-order valence-corrected chi connectivity index (χ2v) is 11.2. The summed E-state index contributed by atoms with van der Waals surface area (Å²) in [7, 11) is 0. The van der Waals surface area contributed by atoms with Crippen molar-refractivity contribution in [2.24, 2.45) is 5.73 Å². The number of hydrogen-bond acceptors (Lipinski definition) is 8. The quantitative estimate of drug-likeness (QED) is 0.451. The lowest BCUT2D eigenvalue weighted by Gasteiger charge is -2.33. The molecule has 200 valence electrons. The van der Waals surface area contributed by atoms with Crippen LogP contribution < -0.4 is 21.3 Å². The zero-order valence-electron chi connectivity index (χ0n) is 22.2. The number of amides is 2. The van der Waals surface area contributed by atoms with Crippen LogP contribution in [-0.2, 0) is 10.2 Å². The van der Waals surface area contributed by atoms with Gasteiger partial charge in [0, 0.05) is 31.0 Å². The van der Waals surface area contributed by atoms with E-state index >= 15 is 0 Å². The van der Waals surface area contributed by atoms with Gasteiger partial charge < -0.3 is 31.1 Å². The minimum atomic E-state index is -1.07. The number of nitrogens with one attached hydrogen (secondary N) is 2. The first-order chi connectivity index (χ1) is 17.1. The molecule has 11 nitrogen and oxygen atoms in total. The fourth-order valence-corrected chi connectivity index (χ4v) is 3.94. The molecule has 1 atom stereocenters. The molecule has 0 aliphatic carbocycles. The van der Waals surface area contributed by atoms with E-state index in [0.29, 0.717) is 24.7 Å². The number of anilines is 3. The van der Waals surface area contributed by atoms with Crippen molar-refractivity contribution < 1.29 is 24.2 Å². The van der Waals surface area contributed by atoms with Crippen LogP contribution >= 0.6 is 0 Å². The third-order valence-corrected chi connectivity index (χ3v) is 5.78. The molecule has 37 heavy (non-hydrogen) atoms. The number of carboxylic acid groups (broad SMARTS) is 1. The summed E-state index contributed by atoms with van der Waals surface area (Å²) in [6.07, 6.45) is 2.43. The summed E-state index contributed by atoms with van der Waals surface area (Å²) >= 11 is 0. The molecule has 5 N–H and O–H groups in total. The minimum absolute atomic E-state index is 0.0715. The van der Waals surface area contributed by atoms with Crippen LogP contribution in [0.2, 0.25) is 0 Å². The number of hydrogen-bond donors (Lipinski definition) is 4. The summed E-state index contributed by atoms with van der Waals surface area (Å²) in [4.78, 5) is 46.9. The van der Waals surface area contributed by atoms with Gasteiger partial charge in [-0.2, -0.15) is 4.98 Å². The van der Waals surface area contributed by atoms with Gasteiger partial charge in [0.2, 0.25) is 5.95 Å². The number of benzene rings is 1. The third-order valence-electron chi connectivity index (χ3n) is 5.78. The predicted octanol–water partition coefficient (Wildman–Crippen LogP) is 3.81. The van der Waals surface area contributed by atoms with E-state index in [4.69, 9.17) is 10.5 Å². The van der Waals surface area contributed by atoms with Gasteiger partial charge in [0.05, 0.1) is 5.56 Å². The highest BCUT2D eigenvalue weighted by atomic mass is 16.6. The van der Waals surface area contributed by atoms with Gasteiger partial charge in [0.25, 0.3) is 5.91 Å². The van der Waals surface area contributed by atoms with Crippen molar-refractivity contribution in [1.82, 2.24) is 15.3 Å². The molecule has 1 aromatic carbocycles. The molecule has 11 heteroatoms. The Labute approximate surface area is 216 Å². The van der Waals surface area contributed by atoms with Crippen LogP contribution in [0.1, 0.15) is 80.7 Å². The Balaban J connectivity index is 1.89. The highest BCUT2D eigenvalue weighted by Gasteiger charge is 2.26. The summed E-state index contributed by atoms with van der Waals surface area (Å²) < 4.78 is 5.37. The molecule has 1 fully saturated rings. The molecule has 0 spiro atoms. The molecular formula is C26H36N6O5. The molecular weight excluding hydrogens is 476 g/mol. The number of alkyl carbamates (subject to hydrolysis) is 1. The van der Waals surface area contributed by atoms with E-state index in [1.54, 1.807) is 26.8 Å². The predicted molar refractivity (Wildman–Crippen MR) is 141 cm³/mol. The zero-order valence-corrected chi connectivity index (χ0v) is 22.2. The highest BCUT2D eigenvalue weighted by Crippen LogP contribution is 2.29. The minimum Gasteiger partial charge on any atom is -0.478 e. The smallest absolute Gasteiger partial charge is 0.407 e. The Morgan fingerprint density at radius 2 is 1.84 bits per heavy atom. The molecule has 1 aliphatic heterocycles. The average Bonchev–Trinajstić information content (AvgIpc) is 2.77. The standard InChI is InChI=1S/C26H36N6O5/c1-25(2,3)16-10-15(22(34)35)11-18(12-16)29-21-19(20(27)33)13-28-23(31-21)32-9-7-8-17(14-32)30-24(36)37-26(4,5)6/h10-13,17H,7-9,14H2,1-6H3,(H2,27,33)(H,30,36)(H,34,35)(H,28,29,31)/t17-/m0/s1. The van der Waals surface area contributed by atoms with E-state index < -0.39 is 23.6 Å². The summed E-state index contributed by atoms with van der Waals surface area (Å²) in [6.45, 7) is 12.5.